The Morgan fingerprint density at radius 1 is 0.848 bits per heavy atom. The minimum Gasteiger partial charge on any atom is -0.427 e. The van der Waals surface area contributed by atoms with Crippen LogP contribution in [0.5, 0.6) is 0 Å². The second kappa shape index (κ2) is 10.9. The zero-order valence-corrected chi connectivity index (χ0v) is 19.0. The molecule has 0 atom stereocenters. The number of carbonyl (C=O) groups excluding carboxylic acids is 2. The number of hydrogen-bond donors (Lipinski definition) is 0. The second-order valence-electron chi connectivity index (χ2n) is 7.37. The van der Waals surface area contributed by atoms with Gasteiger partial charge in [-0.25, -0.2) is 9.59 Å². The standard InChI is InChI=1S/C29H26O4/c1-5-12-27(25-17-9-7-13-20(25)3)33-29(31)24-16-11-15-23(19-24)28(30)32-21(4)26-18-10-8-14-22(26)6-2/h5-19H,1H2,2-4H3/b22-6-,26-21+,27-12+. The number of benzene rings is 3. The molecule has 0 radical (unpaired) electrons. The first kappa shape index (κ1) is 23.5. The summed E-state index contributed by atoms with van der Waals surface area (Å²) >= 11 is 0. The number of ether oxygens (including phenoxy) is 2. The maximum atomic E-state index is 12.9. The highest BCUT2D eigenvalue weighted by Crippen LogP contribution is 2.22. The Morgan fingerprint density at radius 2 is 1.48 bits per heavy atom. The molecule has 3 aromatic rings. The Morgan fingerprint density at radius 3 is 2.15 bits per heavy atom. The predicted octanol–water partition coefficient (Wildman–Crippen LogP) is 5.16. The number of rotatable bonds is 6. The van der Waals surface area contributed by atoms with Crippen molar-refractivity contribution in [1.29, 1.82) is 0 Å². The van der Waals surface area contributed by atoms with Crippen LogP contribution in [-0.2, 0) is 9.47 Å². The van der Waals surface area contributed by atoms with E-state index < -0.39 is 11.9 Å². The molecule has 166 valence electrons. The number of allylic oxidation sites excluding steroid dienone is 2. The average Bonchev–Trinajstić information content (AvgIpc) is 2.84. The third kappa shape index (κ3) is 5.74. The monoisotopic (exact) mass is 438 g/mol. The Hall–Kier alpha value is -4.18. The first-order chi connectivity index (χ1) is 15.9. The Bertz CT molecular complexity index is 1350. The molecule has 0 saturated heterocycles. The lowest BCUT2D eigenvalue weighted by Crippen LogP contribution is -2.27. The summed E-state index contributed by atoms with van der Waals surface area (Å²) in [5.41, 5.74) is 2.25. The van der Waals surface area contributed by atoms with Gasteiger partial charge in [-0.2, -0.15) is 0 Å². The van der Waals surface area contributed by atoms with Gasteiger partial charge >= 0.3 is 11.9 Å². The molecule has 3 rings (SSSR count). The highest BCUT2D eigenvalue weighted by Gasteiger charge is 2.16. The van der Waals surface area contributed by atoms with Crippen molar-refractivity contribution in [1.82, 2.24) is 0 Å². The molecule has 0 heterocycles. The van der Waals surface area contributed by atoms with E-state index in [9.17, 15) is 9.59 Å². The highest BCUT2D eigenvalue weighted by molar-refractivity contribution is 5.98. The number of aryl methyl sites for hydroxylation is 1. The molecule has 0 aromatic heterocycles. The van der Waals surface area contributed by atoms with Crippen molar-refractivity contribution in [3.63, 3.8) is 0 Å². The molecule has 0 spiro atoms. The van der Waals surface area contributed by atoms with E-state index in [-0.39, 0.29) is 11.1 Å². The van der Waals surface area contributed by atoms with Crippen LogP contribution in [0.3, 0.4) is 0 Å². The third-order valence-corrected chi connectivity index (χ3v) is 5.11. The zero-order chi connectivity index (χ0) is 23.8. The minimum atomic E-state index is -0.576. The molecule has 0 N–H and O–H groups in total. The van der Waals surface area contributed by atoms with Crippen molar-refractivity contribution in [3.8, 4) is 0 Å². The van der Waals surface area contributed by atoms with Crippen molar-refractivity contribution in [2.24, 2.45) is 0 Å². The molecular weight excluding hydrogens is 412 g/mol. The topological polar surface area (TPSA) is 52.6 Å². The van der Waals surface area contributed by atoms with Crippen molar-refractivity contribution in [2.45, 2.75) is 20.8 Å². The summed E-state index contributed by atoms with van der Waals surface area (Å²) in [5, 5.41) is 1.80. The molecule has 0 unspecified atom stereocenters. The van der Waals surface area contributed by atoms with Crippen LogP contribution in [0.4, 0.5) is 0 Å². The molecule has 0 aliphatic heterocycles. The quantitative estimate of drug-likeness (QED) is 0.303. The third-order valence-electron chi connectivity index (χ3n) is 5.11. The lowest BCUT2D eigenvalue weighted by atomic mass is 10.1. The van der Waals surface area contributed by atoms with Gasteiger partial charge in [0.1, 0.15) is 11.5 Å². The van der Waals surface area contributed by atoms with Crippen molar-refractivity contribution in [3.05, 3.63) is 124 Å². The number of esters is 2. The van der Waals surface area contributed by atoms with E-state index in [2.05, 4.69) is 6.58 Å². The highest BCUT2D eigenvalue weighted by atomic mass is 16.5. The summed E-state index contributed by atoms with van der Waals surface area (Å²) in [6, 6.07) is 21.5. The van der Waals surface area contributed by atoms with E-state index in [0.29, 0.717) is 11.5 Å². The summed E-state index contributed by atoms with van der Waals surface area (Å²) in [4.78, 5) is 25.6. The first-order valence-electron chi connectivity index (χ1n) is 10.6. The molecule has 4 nitrogen and oxygen atoms in total. The fraction of sp³-hybridized carbons (Fsp3) is 0.103. The van der Waals surface area contributed by atoms with Gasteiger partial charge in [0.2, 0.25) is 0 Å². The molecule has 0 bridgehead atoms. The molecule has 3 aromatic carbocycles. The van der Waals surface area contributed by atoms with Crippen LogP contribution in [0.2, 0.25) is 0 Å². The van der Waals surface area contributed by atoms with Crippen LogP contribution in [-0.4, -0.2) is 11.9 Å². The lowest BCUT2D eigenvalue weighted by molar-refractivity contribution is 0.0686. The van der Waals surface area contributed by atoms with Crippen LogP contribution in [0.15, 0.2) is 91.5 Å². The Balaban J connectivity index is 1.85. The smallest absolute Gasteiger partial charge is 0.343 e. The van der Waals surface area contributed by atoms with Crippen LogP contribution in [0.1, 0.15) is 45.7 Å². The van der Waals surface area contributed by atoms with E-state index in [1.165, 1.54) is 6.07 Å². The minimum absolute atomic E-state index is 0.243. The van der Waals surface area contributed by atoms with Gasteiger partial charge in [0.25, 0.3) is 0 Å². The van der Waals surface area contributed by atoms with E-state index in [4.69, 9.17) is 9.47 Å². The van der Waals surface area contributed by atoms with Gasteiger partial charge in [0.15, 0.2) is 0 Å². The van der Waals surface area contributed by atoms with Crippen LogP contribution >= 0.6 is 0 Å². The fourth-order valence-electron chi connectivity index (χ4n) is 3.39. The normalized spacial score (nSPS) is 12.7. The Kier molecular flexibility index (Phi) is 7.77. The summed E-state index contributed by atoms with van der Waals surface area (Å²) in [6.45, 7) is 9.31. The maximum absolute atomic E-state index is 12.9. The van der Waals surface area contributed by atoms with E-state index >= 15 is 0 Å². The van der Waals surface area contributed by atoms with Crippen molar-refractivity contribution < 1.29 is 19.1 Å². The van der Waals surface area contributed by atoms with E-state index in [1.54, 1.807) is 37.3 Å². The molecule has 4 heteroatoms. The van der Waals surface area contributed by atoms with Gasteiger partial charge < -0.3 is 9.47 Å². The van der Waals surface area contributed by atoms with Crippen LogP contribution in [0, 0.1) is 6.92 Å². The van der Waals surface area contributed by atoms with Gasteiger partial charge in [-0.1, -0.05) is 73.3 Å². The SMILES string of the molecule is C=C/C=C(/OC(=O)c1cccc(C(=O)O/C(C)=c2\cccc\c2=C\C)c1)c1ccccc1C. The van der Waals surface area contributed by atoms with Gasteiger partial charge in [-0.15, -0.1) is 0 Å². The molecule has 0 saturated carbocycles. The van der Waals surface area contributed by atoms with Crippen LogP contribution < -0.4 is 10.4 Å². The predicted molar refractivity (Wildman–Crippen MR) is 132 cm³/mol. The second-order valence-corrected chi connectivity index (χ2v) is 7.37. The summed E-state index contributed by atoms with van der Waals surface area (Å²) < 4.78 is 11.2. The molecular formula is C29H26O4. The molecule has 33 heavy (non-hydrogen) atoms. The molecule has 0 aliphatic carbocycles. The zero-order valence-electron chi connectivity index (χ0n) is 19.0. The molecule has 0 amide bonds. The molecule has 0 aliphatic rings. The van der Waals surface area contributed by atoms with Crippen molar-refractivity contribution >= 4 is 29.5 Å². The fourth-order valence-corrected chi connectivity index (χ4v) is 3.39. The largest absolute Gasteiger partial charge is 0.427 e. The van der Waals surface area contributed by atoms with Gasteiger partial charge in [-0.3, -0.25) is 0 Å². The average molecular weight is 439 g/mol. The van der Waals surface area contributed by atoms with E-state index in [0.717, 1.165) is 21.6 Å². The van der Waals surface area contributed by atoms with Crippen LogP contribution in [0.25, 0.3) is 17.6 Å². The Labute approximate surface area is 193 Å². The van der Waals surface area contributed by atoms with Gasteiger partial charge in [0, 0.05) is 10.8 Å². The van der Waals surface area contributed by atoms with Crippen molar-refractivity contribution in [2.75, 3.05) is 0 Å². The van der Waals surface area contributed by atoms with Gasteiger partial charge in [-0.05, 0) is 55.8 Å². The summed E-state index contributed by atoms with van der Waals surface area (Å²) in [7, 11) is 0. The van der Waals surface area contributed by atoms with Gasteiger partial charge in [0.05, 0.1) is 11.1 Å². The lowest BCUT2D eigenvalue weighted by Gasteiger charge is -2.12. The van der Waals surface area contributed by atoms with E-state index in [1.807, 2.05) is 68.5 Å². The number of hydrogen-bond acceptors (Lipinski definition) is 4. The summed E-state index contributed by atoms with van der Waals surface area (Å²) in [6.07, 6.45) is 5.15. The first-order valence-corrected chi connectivity index (χ1v) is 10.6. The molecule has 0 fully saturated rings. The maximum Gasteiger partial charge on any atom is 0.343 e. The summed E-state index contributed by atoms with van der Waals surface area (Å²) in [5.74, 6) is -0.253. The number of carbonyl (C=O) groups is 2.